The number of ketones is 1. The van der Waals surface area contributed by atoms with Gasteiger partial charge in [-0.3, -0.25) is 9.59 Å². The van der Waals surface area contributed by atoms with Gasteiger partial charge in [0.2, 0.25) is 0 Å². The largest absolute Gasteiger partial charge is 0.507 e. The number of aliphatic hydroxyl groups is 1. The second-order valence-corrected chi connectivity index (χ2v) is 6.10. The average molecular weight is 365 g/mol. The predicted octanol–water partition coefficient (Wildman–Crippen LogP) is 4.13. The lowest BCUT2D eigenvalue weighted by atomic mass is 9.96. The van der Waals surface area contributed by atoms with Crippen LogP contribution in [0.4, 0.5) is 0 Å². The first kappa shape index (κ1) is 23.5. The summed E-state index contributed by atoms with van der Waals surface area (Å²) in [5.41, 5.74) is 0.265. The third-order valence-corrected chi connectivity index (χ3v) is 4.14. The van der Waals surface area contributed by atoms with Gasteiger partial charge in [0.1, 0.15) is 11.5 Å². The molecule has 0 aliphatic heterocycles. The van der Waals surface area contributed by atoms with Crippen molar-refractivity contribution < 1.29 is 24.2 Å². The minimum Gasteiger partial charge on any atom is -0.507 e. The summed E-state index contributed by atoms with van der Waals surface area (Å²) in [5, 5.41) is 13.1. The molecule has 0 aromatic heterocycles. The second-order valence-electron chi connectivity index (χ2n) is 6.10. The Morgan fingerprint density at radius 1 is 1.31 bits per heavy atom. The summed E-state index contributed by atoms with van der Waals surface area (Å²) in [6, 6.07) is 0. The van der Waals surface area contributed by atoms with Gasteiger partial charge in [-0.1, -0.05) is 26.8 Å². The van der Waals surface area contributed by atoms with Gasteiger partial charge in [-0.2, -0.15) is 0 Å². The van der Waals surface area contributed by atoms with Crippen LogP contribution in [0.15, 0.2) is 47.9 Å². The molecular weight excluding hydrogens is 334 g/mol. The number of hydrogen-bond acceptors (Lipinski definition) is 6. The maximum Gasteiger partial charge on any atom is 0.298 e. The molecule has 6 heteroatoms. The number of carbonyl (C=O) groups excluding carboxylic acids is 2. The van der Waals surface area contributed by atoms with Crippen LogP contribution in [0.3, 0.4) is 0 Å². The number of allylic oxidation sites excluding steroid dienone is 4. The predicted molar refractivity (Wildman–Crippen MR) is 102 cm³/mol. The fourth-order valence-electron chi connectivity index (χ4n) is 2.05. The Balaban J connectivity index is 5.03. The fourth-order valence-corrected chi connectivity index (χ4v) is 2.05. The van der Waals surface area contributed by atoms with E-state index in [0.29, 0.717) is 37.4 Å². The molecule has 0 aromatic rings. The first-order valence-electron chi connectivity index (χ1n) is 8.68. The van der Waals surface area contributed by atoms with E-state index in [-0.39, 0.29) is 29.0 Å². The van der Waals surface area contributed by atoms with Crippen molar-refractivity contribution in [1.82, 2.24) is 5.32 Å². The number of carbonyl (C=O) groups is 2. The van der Waals surface area contributed by atoms with Gasteiger partial charge in [-0.15, -0.1) is 0 Å². The Kier molecular flexibility index (Phi) is 11.6. The molecule has 0 heterocycles. The number of ether oxygens (including phenoxy) is 2. The highest BCUT2D eigenvalue weighted by atomic mass is 16.5. The number of aliphatic hydroxyl groups excluding tert-OH is 1. The standard InChI is InChI=1S/C20H31NO5/c1-7-14(2)20(24)16(4)18(23)12-19(26-13-22)15(3)10-8-9-11-21-17(5)25-6/h9,11-15,21,23H,5,7-8,10H2,1-4,6H3/b11-9+,18-16-,19-12-. The third-order valence-electron chi connectivity index (χ3n) is 4.14. The summed E-state index contributed by atoms with van der Waals surface area (Å²) in [6.45, 7) is 11.1. The van der Waals surface area contributed by atoms with Crippen LogP contribution < -0.4 is 5.32 Å². The highest BCUT2D eigenvalue weighted by molar-refractivity contribution is 5.97. The molecule has 2 atom stereocenters. The Hall–Kier alpha value is -2.50. The lowest BCUT2D eigenvalue weighted by Crippen LogP contribution is -2.13. The minimum absolute atomic E-state index is 0.119. The van der Waals surface area contributed by atoms with E-state index >= 15 is 0 Å². The van der Waals surface area contributed by atoms with Crippen molar-refractivity contribution in [2.75, 3.05) is 7.11 Å². The first-order chi connectivity index (χ1) is 12.3. The Morgan fingerprint density at radius 3 is 2.50 bits per heavy atom. The maximum absolute atomic E-state index is 12.2. The van der Waals surface area contributed by atoms with Crippen molar-refractivity contribution in [2.45, 2.75) is 47.0 Å². The van der Waals surface area contributed by atoms with Gasteiger partial charge in [0.05, 0.1) is 7.11 Å². The van der Waals surface area contributed by atoms with E-state index in [1.54, 1.807) is 13.1 Å². The molecule has 0 radical (unpaired) electrons. The molecule has 146 valence electrons. The maximum atomic E-state index is 12.2. The van der Waals surface area contributed by atoms with E-state index < -0.39 is 0 Å². The summed E-state index contributed by atoms with van der Waals surface area (Å²) >= 11 is 0. The summed E-state index contributed by atoms with van der Waals surface area (Å²) < 4.78 is 9.88. The van der Waals surface area contributed by atoms with Crippen LogP contribution in [0.1, 0.15) is 47.0 Å². The number of Topliss-reactive ketones (excluding diaryl/α,β-unsaturated/α-hetero) is 1. The van der Waals surface area contributed by atoms with Crippen molar-refractivity contribution in [3.8, 4) is 0 Å². The number of methoxy groups -OCH3 is 1. The molecule has 0 saturated heterocycles. The van der Waals surface area contributed by atoms with Crippen LogP contribution in [0.2, 0.25) is 0 Å². The molecule has 2 N–H and O–H groups in total. The van der Waals surface area contributed by atoms with Gasteiger partial charge in [-0.05, 0) is 39.0 Å². The molecule has 0 amide bonds. The van der Waals surface area contributed by atoms with Gasteiger partial charge in [0.25, 0.3) is 6.47 Å². The lowest BCUT2D eigenvalue weighted by Gasteiger charge is -2.14. The average Bonchev–Trinajstić information content (AvgIpc) is 2.64. The summed E-state index contributed by atoms with van der Waals surface area (Å²) in [7, 11) is 1.52. The van der Waals surface area contributed by atoms with Crippen LogP contribution >= 0.6 is 0 Å². The molecular formula is C20H31NO5. The van der Waals surface area contributed by atoms with Crippen molar-refractivity contribution in [3.63, 3.8) is 0 Å². The van der Waals surface area contributed by atoms with Gasteiger partial charge >= 0.3 is 0 Å². The van der Waals surface area contributed by atoms with E-state index in [1.807, 2.05) is 26.8 Å². The number of hydrogen-bond donors (Lipinski definition) is 2. The van der Waals surface area contributed by atoms with Gasteiger partial charge in [-0.25, -0.2) is 0 Å². The zero-order valence-corrected chi connectivity index (χ0v) is 16.4. The van der Waals surface area contributed by atoms with Crippen LogP contribution in [0.25, 0.3) is 0 Å². The Morgan fingerprint density at radius 2 is 1.96 bits per heavy atom. The molecule has 26 heavy (non-hydrogen) atoms. The van der Waals surface area contributed by atoms with Crippen molar-refractivity contribution >= 4 is 12.3 Å². The highest BCUT2D eigenvalue weighted by Gasteiger charge is 2.17. The molecule has 6 nitrogen and oxygen atoms in total. The zero-order valence-electron chi connectivity index (χ0n) is 16.4. The van der Waals surface area contributed by atoms with Crippen molar-refractivity contribution in [3.05, 3.63) is 47.9 Å². The van der Waals surface area contributed by atoms with E-state index in [4.69, 9.17) is 9.47 Å². The SMILES string of the molecule is C=C(N/C=C/CCC(C)/C(=C/C(O)=C(\C)C(=O)C(C)CC)OC=O)OC. The van der Waals surface area contributed by atoms with Crippen LogP contribution in [0, 0.1) is 11.8 Å². The van der Waals surface area contributed by atoms with E-state index in [2.05, 4.69) is 11.9 Å². The topological polar surface area (TPSA) is 84.9 Å². The summed E-state index contributed by atoms with van der Waals surface area (Å²) in [5.74, 6) is 0.175. The molecule has 0 fully saturated rings. The normalized spacial score (nSPS) is 15.0. The summed E-state index contributed by atoms with van der Waals surface area (Å²) in [6.07, 6.45) is 7.05. The second kappa shape index (κ2) is 12.8. The van der Waals surface area contributed by atoms with Crippen LogP contribution in [-0.2, 0) is 19.1 Å². The molecule has 2 unspecified atom stereocenters. The minimum atomic E-state index is -0.174. The molecule has 0 bridgehead atoms. The number of rotatable bonds is 13. The highest BCUT2D eigenvalue weighted by Crippen LogP contribution is 2.21. The van der Waals surface area contributed by atoms with E-state index in [1.165, 1.54) is 13.2 Å². The molecule has 0 aliphatic rings. The van der Waals surface area contributed by atoms with Gasteiger partial charge in [0.15, 0.2) is 11.7 Å². The summed E-state index contributed by atoms with van der Waals surface area (Å²) in [4.78, 5) is 22.9. The smallest absolute Gasteiger partial charge is 0.298 e. The third kappa shape index (κ3) is 8.55. The van der Waals surface area contributed by atoms with Gasteiger partial charge < -0.3 is 19.9 Å². The molecule has 0 spiro atoms. The van der Waals surface area contributed by atoms with E-state index in [9.17, 15) is 14.7 Å². The lowest BCUT2D eigenvalue weighted by molar-refractivity contribution is -0.125. The van der Waals surface area contributed by atoms with Crippen molar-refractivity contribution in [1.29, 1.82) is 0 Å². The van der Waals surface area contributed by atoms with E-state index in [0.717, 1.165) is 0 Å². The van der Waals surface area contributed by atoms with Crippen molar-refractivity contribution in [2.24, 2.45) is 11.8 Å². The Bertz CT molecular complexity index is 575. The van der Waals surface area contributed by atoms with Crippen LogP contribution in [0.5, 0.6) is 0 Å². The van der Waals surface area contributed by atoms with Crippen LogP contribution in [-0.4, -0.2) is 24.5 Å². The fraction of sp³-hybridized carbons (Fsp3) is 0.500. The molecule has 0 aliphatic carbocycles. The molecule has 0 aromatic carbocycles. The zero-order chi connectivity index (χ0) is 20.1. The number of nitrogens with one attached hydrogen (secondary N) is 1. The Labute approximate surface area is 156 Å². The van der Waals surface area contributed by atoms with Gasteiger partial charge in [0, 0.05) is 23.5 Å². The first-order valence-corrected chi connectivity index (χ1v) is 8.68. The molecule has 0 saturated carbocycles. The quantitative estimate of drug-likeness (QED) is 0.221. The monoisotopic (exact) mass is 365 g/mol. The molecule has 0 rings (SSSR count).